The van der Waals surface area contributed by atoms with E-state index in [0.717, 1.165) is 11.1 Å². The van der Waals surface area contributed by atoms with E-state index in [2.05, 4.69) is 11.4 Å². The summed E-state index contributed by atoms with van der Waals surface area (Å²) in [6.07, 6.45) is 0.855. The quantitative estimate of drug-likeness (QED) is 0.901. The summed E-state index contributed by atoms with van der Waals surface area (Å²) in [4.78, 5) is 11.9. The normalized spacial score (nSPS) is 13.9. The van der Waals surface area contributed by atoms with Gasteiger partial charge in [-0.2, -0.15) is 5.26 Å². The minimum absolute atomic E-state index is 0.156. The fraction of sp³-hybridized carbons (Fsp3) is 0.333. The first-order valence-corrected chi connectivity index (χ1v) is 6.22. The number of ether oxygens (including phenoxy) is 1. The Morgan fingerprint density at radius 3 is 2.95 bits per heavy atom. The van der Waals surface area contributed by atoms with E-state index in [1.165, 1.54) is 5.56 Å². The fourth-order valence-electron chi connectivity index (χ4n) is 2.06. The molecule has 0 bridgehead atoms. The van der Waals surface area contributed by atoms with Gasteiger partial charge in [0.25, 0.3) is 0 Å². The van der Waals surface area contributed by atoms with Gasteiger partial charge in [-0.1, -0.05) is 23.8 Å². The van der Waals surface area contributed by atoms with Crippen molar-refractivity contribution in [3.8, 4) is 6.07 Å². The molecule has 4 nitrogen and oxygen atoms in total. The van der Waals surface area contributed by atoms with E-state index >= 15 is 0 Å². The molecule has 0 saturated carbocycles. The number of hydrogen-bond donors (Lipinski definition) is 1. The van der Waals surface area contributed by atoms with Crippen molar-refractivity contribution >= 4 is 5.91 Å². The van der Waals surface area contributed by atoms with Crippen molar-refractivity contribution in [3.05, 3.63) is 46.3 Å². The molecule has 19 heavy (non-hydrogen) atoms. The average molecular weight is 256 g/mol. The van der Waals surface area contributed by atoms with Gasteiger partial charge in [0.2, 0.25) is 11.8 Å². The average Bonchev–Trinajstić information content (AvgIpc) is 2.80. The molecule has 0 fully saturated rings. The summed E-state index contributed by atoms with van der Waals surface area (Å²) >= 11 is 0. The second kappa shape index (κ2) is 5.57. The third-order valence-electron chi connectivity index (χ3n) is 3.11. The Balaban J connectivity index is 2.04. The molecule has 0 radical (unpaired) electrons. The van der Waals surface area contributed by atoms with E-state index in [0.29, 0.717) is 24.5 Å². The number of carbonyl (C=O) groups is 1. The molecule has 1 aliphatic rings. The molecule has 1 amide bonds. The predicted molar refractivity (Wildman–Crippen MR) is 71.0 cm³/mol. The molecule has 1 heterocycles. The molecule has 4 heteroatoms. The number of rotatable bonds is 3. The van der Waals surface area contributed by atoms with Crippen LogP contribution in [0.2, 0.25) is 0 Å². The summed E-state index contributed by atoms with van der Waals surface area (Å²) in [5, 5.41) is 11.5. The molecular weight excluding hydrogens is 240 g/mol. The Morgan fingerprint density at radius 1 is 1.47 bits per heavy atom. The molecule has 98 valence electrons. The zero-order valence-corrected chi connectivity index (χ0v) is 11.1. The van der Waals surface area contributed by atoms with Crippen LogP contribution in [0, 0.1) is 25.2 Å². The lowest BCUT2D eigenvalue weighted by molar-refractivity contribution is -0.120. The maximum atomic E-state index is 11.9. The smallest absolute Gasteiger partial charge is 0.231 e. The van der Waals surface area contributed by atoms with E-state index in [1.54, 1.807) is 0 Å². The van der Waals surface area contributed by atoms with Crippen LogP contribution in [0.15, 0.2) is 29.7 Å². The zero-order chi connectivity index (χ0) is 13.8. The van der Waals surface area contributed by atoms with E-state index in [-0.39, 0.29) is 12.3 Å². The van der Waals surface area contributed by atoms with Gasteiger partial charge in [0.15, 0.2) is 0 Å². The number of benzene rings is 1. The van der Waals surface area contributed by atoms with Gasteiger partial charge in [0.1, 0.15) is 6.07 Å². The van der Waals surface area contributed by atoms with E-state index in [4.69, 9.17) is 10.00 Å². The van der Waals surface area contributed by atoms with Crippen LogP contribution in [-0.4, -0.2) is 12.5 Å². The van der Waals surface area contributed by atoms with E-state index < -0.39 is 0 Å². The lowest BCUT2D eigenvalue weighted by atomic mass is 10.0. The maximum Gasteiger partial charge on any atom is 0.231 e. The van der Waals surface area contributed by atoms with Crippen molar-refractivity contribution in [2.24, 2.45) is 0 Å². The number of nitrogens with one attached hydrogen (secondary N) is 1. The van der Waals surface area contributed by atoms with Crippen molar-refractivity contribution in [3.63, 3.8) is 0 Å². The second-order valence-electron chi connectivity index (χ2n) is 4.67. The standard InChI is InChI=1S/C15H16N2O2/c1-10-3-4-12(11(2)7-10)8-14(18)17-15-13(9-16)5-6-19-15/h3-4,7H,5-6,8H2,1-2H3,(H,17,18). The monoisotopic (exact) mass is 256 g/mol. The highest BCUT2D eigenvalue weighted by Crippen LogP contribution is 2.16. The number of carbonyl (C=O) groups excluding carboxylic acids is 1. The van der Waals surface area contributed by atoms with Crippen molar-refractivity contribution in [1.82, 2.24) is 5.32 Å². The van der Waals surface area contributed by atoms with Crippen molar-refractivity contribution in [2.75, 3.05) is 6.61 Å². The topological polar surface area (TPSA) is 62.1 Å². The summed E-state index contributed by atoms with van der Waals surface area (Å²) < 4.78 is 5.24. The number of hydrogen-bond acceptors (Lipinski definition) is 3. The van der Waals surface area contributed by atoms with Gasteiger partial charge in [-0.3, -0.25) is 10.1 Å². The van der Waals surface area contributed by atoms with Gasteiger partial charge in [0.05, 0.1) is 18.6 Å². The molecule has 1 aromatic carbocycles. The van der Waals surface area contributed by atoms with Gasteiger partial charge in [-0.05, 0) is 25.0 Å². The summed E-state index contributed by atoms with van der Waals surface area (Å²) in [7, 11) is 0. The number of amides is 1. The second-order valence-corrected chi connectivity index (χ2v) is 4.67. The van der Waals surface area contributed by atoms with Crippen LogP contribution in [0.5, 0.6) is 0 Å². The van der Waals surface area contributed by atoms with Crippen LogP contribution >= 0.6 is 0 Å². The summed E-state index contributed by atoms with van der Waals surface area (Å²) in [5.41, 5.74) is 3.77. The van der Waals surface area contributed by atoms with E-state index in [9.17, 15) is 4.79 Å². The summed E-state index contributed by atoms with van der Waals surface area (Å²) in [6.45, 7) is 4.47. The summed E-state index contributed by atoms with van der Waals surface area (Å²) in [6, 6.07) is 8.04. The largest absolute Gasteiger partial charge is 0.478 e. The fourth-order valence-corrected chi connectivity index (χ4v) is 2.06. The predicted octanol–water partition coefficient (Wildman–Crippen LogP) is 2.12. The third kappa shape index (κ3) is 3.14. The van der Waals surface area contributed by atoms with Gasteiger partial charge in [0, 0.05) is 6.42 Å². The highest BCUT2D eigenvalue weighted by Gasteiger charge is 2.18. The Hall–Kier alpha value is -2.28. The summed E-state index contributed by atoms with van der Waals surface area (Å²) in [5.74, 6) is 0.161. The molecule has 1 aliphatic heterocycles. The van der Waals surface area contributed by atoms with Gasteiger partial charge in [-0.25, -0.2) is 0 Å². The molecule has 2 rings (SSSR count). The van der Waals surface area contributed by atoms with Crippen LogP contribution in [0.1, 0.15) is 23.1 Å². The molecule has 1 aromatic rings. The lowest BCUT2D eigenvalue weighted by Gasteiger charge is -2.09. The molecule has 0 spiro atoms. The molecule has 0 aliphatic carbocycles. The zero-order valence-electron chi connectivity index (χ0n) is 11.1. The third-order valence-corrected chi connectivity index (χ3v) is 3.11. The highest BCUT2D eigenvalue weighted by molar-refractivity contribution is 5.80. The maximum absolute atomic E-state index is 11.9. The number of nitriles is 1. The minimum Gasteiger partial charge on any atom is -0.478 e. The van der Waals surface area contributed by atoms with Crippen molar-refractivity contribution in [2.45, 2.75) is 26.7 Å². The molecule has 0 unspecified atom stereocenters. The number of aryl methyl sites for hydroxylation is 2. The molecular formula is C15H16N2O2. The van der Waals surface area contributed by atoms with Crippen molar-refractivity contribution < 1.29 is 9.53 Å². The van der Waals surface area contributed by atoms with Crippen LogP contribution in [0.4, 0.5) is 0 Å². The first kappa shape index (κ1) is 13.2. The van der Waals surface area contributed by atoms with E-state index in [1.807, 2.05) is 32.0 Å². The molecule has 0 aromatic heterocycles. The SMILES string of the molecule is Cc1ccc(CC(=O)NC2=C(C#N)CCO2)c(C)c1. The van der Waals surface area contributed by atoms with Gasteiger partial charge < -0.3 is 4.74 Å². The van der Waals surface area contributed by atoms with Crippen LogP contribution < -0.4 is 5.32 Å². The van der Waals surface area contributed by atoms with Crippen LogP contribution in [-0.2, 0) is 16.0 Å². The van der Waals surface area contributed by atoms with Crippen LogP contribution in [0.25, 0.3) is 0 Å². The van der Waals surface area contributed by atoms with Gasteiger partial charge >= 0.3 is 0 Å². The Morgan fingerprint density at radius 2 is 2.26 bits per heavy atom. The van der Waals surface area contributed by atoms with Crippen molar-refractivity contribution in [1.29, 1.82) is 5.26 Å². The Bertz CT molecular complexity index is 582. The van der Waals surface area contributed by atoms with Crippen LogP contribution in [0.3, 0.4) is 0 Å². The minimum atomic E-state index is -0.156. The lowest BCUT2D eigenvalue weighted by Crippen LogP contribution is -2.25. The highest BCUT2D eigenvalue weighted by atomic mass is 16.5. The Labute approximate surface area is 112 Å². The first-order chi connectivity index (χ1) is 9.10. The number of nitrogens with zero attached hydrogens (tertiary/aromatic N) is 1. The molecule has 1 N–H and O–H groups in total. The molecule has 0 saturated heterocycles. The van der Waals surface area contributed by atoms with Gasteiger partial charge in [-0.15, -0.1) is 0 Å². The molecule has 0 atom stereocenters. The Kier molecular flexibility index (Phi) is 3.86. The first-order valence-electron chi connectivity index (χ1n) is 6.22.